The normalized spacial score (nSPS) is 11.7. The molecule has 30 heavy (non-hydrogen) atoms. The summed E-state index contributed by atoms with van der Waals surface area (Å²) in [6, 6.07) is 14.9. The molecule has 3 rings (SSSR count). The average molecular weight is 429 g/mol. The molecular weight excluding hydrogens is 404 g/mol. The van der Waals surface area contributed by atoms with Crippen molar-refractivity contribution in [2.75, 3.05) is 20.3 Å². The Labute approximate surface area is 179 Å². The Kier molecular flexibility index (Phi) is 7.24. The molecule has 2 aromatic carbocycles. The molecule has 0 radical (unpaired) electrons. The van der Waals surface area contributed by atoms with Crippen LogP contribution in [-0.4, -0.2) is 48.1 Å². The van der Waals surface area contributed by atoms with Crippen LogP contribution < -0.4 is 9.47 Å². The van der Waals surface area contributed by atoms with Gasteiger partial charge >= 0.3 is 5.97 Å². The van der Waals surface area contributed by atoms with E-state index in [4.69, 9.17) is 14.2 Å². The standard InChI is InChI=1S/C22H24N2O5S/c1-4-27-17-10-6-7-11-18(17)28-14-21(25)29-15(2)22(26)24(3)13-20-23-16-9-5-8-12-19(16)30-20/h5-12,15H,4,13-14H2,1-3H3. The zero-order valence-electron chi connectivity index (χ0n) is 17.2. The highest BCUT2D eigenvalue weighted by Gasteiger charge is 2.23. The van der Waals surface area contributed by atoms with Crippen molar-refractivity contribution in [1.29, 1.82) is 0 Å². The summed E-state index contributed by atoms with van der Waals surface area (Å²) in [5.41, 5.74) is 0.905. The van der Waals surface area contributed by atoms with Crippen molar-refractivity contribution in [2.45, 2.75) is 26.5 Å². The van der Waals surface area contributed by atoms with Crippen LogP contribution in [0.3, 0.4) is 0 Å². The number of hydrogen-bond donors (Lipinski definition) is 0. The Morgan fingerprint density at radius 2 is 1.73 bits per heavy atom. The number of hydrogen-bond acceptors (Lipinski definition) is 7. The van der Waals surface area contributed by atoms with Crippen molar-refractivity contribution in [3.63, 3.8) is 0 Å². The van der Waals surface area contributed by atoms with E-state index in [2.05, 4.69) is 4.98 Å². The second-order valence-electron chi connectivity index (χ2n) is 6.57. The van der Waals surface area contributed by atoms with Gasteiger partial charge in [0.2, 0.25) is 0 Å². The molecule has 0 bridgehead atoms. The lowest BCUT2D eigenvalue weighted by atomic mass is 10.3. The van der Waals surface area contributed by atoms with E-state index in [0.29, 0.717) is 24.7 Å². The predicted octanol–water partition coefficient (Wildman–Crippen LogP) is 3.66. The highest BCUT2D eigenvalue weighted by Crippen LogP contribution is 2.26. The minimum absolute atomic E-state index is 0.308. The van der Waals surface area contributed by atoms with Gasteiger partial charge in [-0.2, -0.15) is 0 Å². The van der Waals surface area contributed by atoms with Gasteiger partial charge in [0.15, 0.2) is 24.2 Å². The highest BCUT2D eigenvalue weighted by molar-refractivity contribution is 7.18. The minimum atomic E-state index is -0.928. The minimum Gasteiger partial charge on any atom is -0.490 e. The summed E-state index contributed by atoms with van der Waals surface area (Å²) >= 11 is 1.54. The quantitative estimate of drug-likeness (QED) is 0.484. The van der Waals surface area contributed by atoms with Gasteiger partial charge in [0.1, 0.15) is 5.01 Å². The topological polar surface area (TPSA) is 78.0 Å². The van der Waals surface area contributed by atoms with Crippen LogP contribution >= 0.6 is 11.3 Å². The molecule has 0 aliphatic heterocycles. The third-order valence-electron chi connectivity index (χ3n) is 4.24. The number of ether oxygens (including phenoxy) is 3. The summed E-state index contributed by atoms with van der Waals surface area (Å²) in [5.74, 6) is 0.0589. The largest absolute Gasteiger partial charge is 0.490 e. The van der Waals surface area contributed by atoms with E-state index in [1.807, 2.05) is 37.3 Å². The van der Waals surface area contributed by atoms with Gasteiger partial charge in [-0.3, -0.25) is 4.79 Å². The van der Waals surface area contributed by atoms with Crippen LogP contribution in [0.5, 0.6) is 11.5 Å². The Balaban J connectivity index is 1.51. The molecule has 0 fully saturated rings. The zero-order chi connectivity index (χ0) is 21.5. The van der Waals surface area contributed by atoms with Crippen LogP contribution in [0.15, 0.2) is 48.5 Å². The van der Waals surface area contributed by atoms with E-state index in [1.165, 1.54) is 16.2 Å². The average Bonchev–Trinajstić information content (AvgIpc) is 3.15. The molecule has 0 saturated carbocycles. The molecule has 0 N–H and O–H groups in total. The van der Waals surface area contributed by atoms with E-state index >= 15 is 0 Å². The van der Waals surface area contributed by atoms with Crippen LogP contribution in [0.25, 0.3) is 10.2 Å². The molecule has 7 nitrogen and oxygen atoms in total. The van der Waals surface area contributed by atoms with Crippen molar-refractivity contribution < 1.29 is 23.8 Å². The third-order valence-corrected chi connectivity index (χ3v) is 5.26. The van der Waals surface area contributed by atoms with E-state index in [-0.39, 0.29) is 12.5 Å². The maximum atomic E-state index is 12.6. The fourth-order valence-corrected chi connectivity index (χ4v) is 3.86. The van der Waals surface area contributed by atoms with Crippen LogP contribution in [0.4, 0.5) is 0 Å². The van der Waals surface area contributed by atoms with Crippen molar-refractivity contribution in [3.05, 3.63) is 53.5 Å². The summed E-state index contributed by atoms with van der Waals surface area (Å²) in [7, 11) is 1.66. The summed E-state index contributed by atoms with van der Waals surface area (Å²) in [6.45, 7) is 3.92. The van der Waals surface area contributed by atoms with E-state index in [0.717, 1.165) is 15.2 Å². The number of aromatic nitrogens is 1. The van der Waals surface area contributed by atoms with Gasteiger partial charge in [0.05, 0.1) is 23.4 Å². The number of benzene rings is 2. The van der Waals surface area contributed by atoms with E-state index in [1.54, 1.807) is 32.2 Å². The number of amides is 1. The molecule has 0 aliphatic rings. The molecule has 1 aromatic heterocycles. The number of esters is 1. The van der Waals surface area contributed by atoms with Gasteiger partial charge in [-0.25, -0.2) is 9.78 Å². The van der Waals surface area contributed by atoms with E-state index in [9.17, 15) is 9.59 Å². The van der Waals surface area contributed by atoms with Gasteiger partial charge in [-0.05, 0) is 38.1 Å². The second-order valence-corrected chi connectivity index (χ2v) is 7.69. The number of likely N-dealkylation sites (N-methyl/N-ethyl adjacent to an activating group) is 1. The van der Waals surface area contributed by atoms with Gasteiger partial charge in [0, 0.05) is 7.05 Å². The number of rotatable bonds is 9. The number of carbonyl (C=O) groups excluding carboxylic acids is 2. The SMILES string of the molecule is CCOc1ccccc1OCC(=O)OC(C)C(=O)N(C)Cc1nc2ccccc2s1. The predicted molar refractivity (Wildman–Crippen MR) is 115 cm³/mol. The molecule has 1 unspecified atom stereocenters. The van der Waals surface area contributed by atoms with Gasteiger partial charge < -0.3 is 19.1 Å². The lowest BCUT2D eigenvalue weighted by molar-refractivity contribution is -0.160. The third kappa shape index (κ3) is 5.48. The molecular formula is C22H24N2O5S. The maximum Gasteiger partial charge on any atom is 0.344 e. The molecule has 158 valence electrons. The Bertz CT molecular complexity index is 986. The smallest absolute Gasteiger partial charge is 0.344 e. The van der Waals surface area contributed by atoms with Crippen LogP contribution in [0, 0.1) is 0 Å². The molecule has 0 aliphatic carbocycles. The lowest BCUT2D eigenvalue weighted by Gasteiger charge is -2.20. The van der Waals surface area contributed by atoms with Gasteiger partial charge in [-0.15, -0.1) is 11.3 Å². The number of para-hydroxylation sites is 3. The van der Waals surface area contributed by atoms with Gasteiger partial charge in [-0.1, -0.05) is 24.3 Å². The highest BCUT2D eigenvalue weighted by atomic mass is 32.1. The molecule has 0 saturated heterocycles. The lowest BCUT2D eigenvalue weighted by Crippen LogP contribution is -2.37. The first-order valence-corrected chi connectivity index (χ1v) is 10.4. The van der Waals surface area contributed by atoms with Crippen LogP contribution in [0.1, 0.15) is 18.9 Å². The Hall–Kier alpha value is -3.13. The van der Waals surface area contributed by atoms with Crippen molar-refractivity contribution >= 4 is 33.4 Å². The van der Waals surface area contributed by atoms with Gasteiger partial charge in [0.25, 0.3) is 5.91 Å². The first kappa shape index (κ1) is 21.6. The molecule has 0 spiro atoms. The number of fused-ring (bicyclic) bond motifs is 1. The van der Waals surface area contributed by atoms with Crippen LogP contribution in [0.2, 0.25) is 0 Å². The van der Waals surface area contributed by atoms with Crippen molar-refractivity contribution in [2.24, 2.45) is 0 Å². The first-order valence-electron chi connectivity index (χ1n) is 9.61. The molecule has 3 aromatic rings. The number of nitrogens with zero attached hydrogens (tertiary/aromatic N) is 2. The molecule has 1 atom stereocenters. The Morgan fingerprint density at radius 1 is 1.07 bits per heavy atom. The monoisotopic (exact) mass is 428 g/mol. The van der Waals surface area contributed by atoms with Crippen molar-refractivity contribution in [3.8, 4) is 11.5 Å². The summed E-state index contributed by atoms with van der Waals surface area (Å²) < 4.78 is 17.3. The molecule has 1 amide bonds. The fraction of sp³-hybridized carbons (Fsp3) is 0.318. The molecule has 1 heterocycles. The Morgan fingerprint density at radius 3 is 2.43 bits per heavy atom. The van der Waals surface area contributed by atoms with E-state index < -0.39 is 12.1 Å². The van der Waals surface area contributed by atoms with Crippen molar-refractivity contribution in [1.82, 2.24) is 9.88 Å². The zero-order valence-corrected chi connectivity index (χ0v) is 18.0. The first-order chi connectivity index (χ1) is 14.5. The summed E-state index contributed by atoms with van der Waals surface area (Å²) in [5, 5.41) is 0.821. The number of thiazole rings is 1. The number of carbonyl (C=O) groups is 2. The fourth-order valence-electron chi connectivity index (χ4n) is 2.84. The summed E-state index contributed by atoms with van der Waals surface area (Å²) in [4.78, 5) is 30.7. The van der Waals surface area contributed by atoms with Crippen LogP contribution in [-0.2, 0) is 20.9 Å². The maximum absolute atomic E-state index is 12.6. The summed E-state index contributed by atoms with van der Waals surface area (Å²) in [6.07, 6.45) is -0.928. The molecule has 8 heteroatoms. The second kappa shape index (κ2) is 10.1.